The number of ketones is 1. The van der Waals surface area contributed by atoms with E-state index in [0.29, 0.717) is 23.6 Å². The molecule has 2 aromatic carbocycles. The number of Topliss-reactive ketones (excluding diaryl/α,β-unsaturated/α-hetero) is 1. The molecule has 0 fully saturated rings. The van der Waals surface area contributed by atoms with Gasteiger partial charge in [-0.1, -0.05) is 56.3 Å². The summed E-state index contributed by atoms with van der Waals surface area (Å²) in [5.74, 6) is -0.456. The fourth-order valence-corrected chi connectivity index (χ4v) is 3.49. The van der Waals surface area contributed by atoms with Crippen molar-refractivity contribution in [3.63, 3.8) is 0 Å². The highest BCUT2D eigenvalue weighted by Gasteiger charge is 2.43. The molecule has 0 aliphatic carbocycles. The van der Waals surface area contributed by atoms with Gasteiger partial charge < -0.3 is 0 Å². The van der Waals surface area contributed by atoms with Gasteiger partial charge in [-0.2, -0.15) is 0 Å². The Bertz CT molecular complexity index is 996. The van der Waals surface area contributed by atoms with Crippen molar-refractivity contribution in [1.29, 1.82) is 0 Å². The predicted molar refractivity (Wildman–Crippen MR) is 99.2 cm³/mol. The Balaban J connectivity index is 1.77. The smallest absolute Gasteiger partial charge is 0.294 e. The summed E-state index contributed by atoms with van der Waals surface area (Å²) in [6.07, 6.45) is 0. The van der Waals surface area contributed by atoms with Crippen LogP contribution in [0.3, 0.4) is 0 Å². The van der Waals surface area contributed by atoms with Crippen LogP contribution in [0, 0.1) is 5.92 Å². The highest BCUT2D eigenvalue weighted by atomic mass is 16.2. The predicted octanol–water partition coefficient (Wildman–Crippen LogP) is 2.65. The lowest BCUT2D eigenvalue weighted by atomic mass is 10.0. The number of hydrogen-bond donors (Lipinski definition) is 0. The number of carbonyl (C=O) groups is 2. The first kappa shape index (κ1) is 17.1. The summed E-state index contributed by atoms with van der Waals surface area (Å²) in [4.78, 5) is 26.7. The number of tetrazole rings is 1. The molecule has 136 valence electrons. The largest absolute Gasteiger partial charge is 0.300 e. The van der Waals surface area contributed by atoms with Crippen LogP contribution < -0.4 is 4.90 Å². The van der Waals surface area contributed by atoms with Crippen molar-refractivity contribution in [2.24, 2.45) is 5.92 Å². The van der Waals surface area contributed by atoms with Gasteiger partial charge in [0, 0.05) is 0 Å². The van der Waals surface area contributed by atoms with Gasteiger partial charge in [0.25, 0.3) is 11.7 Å². The highest BCUT2D eigenvalue weighted by Crippen LogP contribution is 2.38. The number of nitrogens with zero attached hydrogens (tertiary/aromatic N) is 5. The maximum atomic E-state index is 12.8. The fraction of sp³-hybridized carbons (Fsp3) is 0.250. The van der Waals surface area contributed by atoms with Gasteiger partial charge >= 0.3 is 0 Å². The van der Waals surface area contributed by atoms with Gasteiger partial charge in [0.15, 0.2) is 5.82 Å². The monoisotopic (exact) mass is 361 g/mol. The van der Waals surface area contributed by atoms with Gasteiger partial charge in [0.2, 0.25) is 0 Å². The van der Waals surface area contributed by atoms with Crippen molar-refractivity contribution in [3.05, 3.63) is 71.5 Å². The minimum Gasteiger partial charge on any atom is -0.294 e. The topological polar surface area (TPSA) is 81.0 Å². The molecule has 1 aromatic heterocycles. The van der Waals surface area contributed by atoms with Crippen molar-refractivity contribution in [1.82, 2.24) is 20.2 Å². The van der Waals surface area contributed by atoms with Gasteiger partial charge in [-0.25, -0.2) is 4.68 Å². The molecule has 27 heavy (non-hydrogen) atoms. The Labute approximate surface area is 156 Å². The zero-order valence-corrected chi connectivity index (χ0v) is 15.1. The number of benzene rings is 2. The van der Waals surface area contributed by atoms with E-state index in [1.165, 1.54) is 4.90 Å². The third-order valence-electron chi connectivity index (χ3n) is 4.73. The molecule has 0 spiro atoms. The number of fused-ring (bicyclic) bond motifs is 1. The lowest BCUT2D eigenvalue weighted by Gasteiger charge is -2.30. The summed E-state index contributed by atoms with van der Waals surface area (Å²) < 4.78 is 1.69. The van der Waals surface area contributed by atoms with E-state index in [2.05, 4.69) is 15.5 Å². The van der Waals surface area contributed by atoms with Crippen LogP contribution in [0.2, 0.25) is 0 Å². The lowest BCUT2D eigenvalue weighted by Crippen LogP contribution is -2.38. The minimum absolute atomic E-state index is 0.00781. The SMILES string of the molecule is CC(C)C(c1nnnn1Cc1ccccc1)N1C(=O)C(=O)c2ccccc21. The van der Waals surface area contributed by atoms with Crippen molar-refractivity contribution in [2.45, 2.75) is 26.4 Å². The summed E-state index contributed by atoms with van der Waals surface area (Å²) in [5, 5.41) is 12.2. The minimum atomic E-state index is -0.538. The third-order valence-corrected chi connectivity index (χ3v) is 4.73. The summed E-state index contributed by atoms with van der Waals surface area (Å²) in [6.45, 7) is 4.47. The van der Waals surface area contributed by atoms with Crippen LogP contribution in [0.15, 0.2) is 54.6 Å². The Morgan fingerprint density at radius 2 is 1.67 bits per heavy atom. The molecule has 3 aromatic rings. The van der Waals surface area contributed by atoms with Crippen LogP contribution in [0.25, 0.3) is 0 Å². The molecule has 1 aliphatic rings. The van der Waals surface area contributed by atoms with Gasteiger partial charge in [0.1, 0.15) is 6.04 Å². The molecule has 4 rings (SSSR count). The second kappa shape index (κ2) is 6.75. The highest BCUT2D eigenvalue weighted by molar-refractivity contribution is 6.52. The number of hydrogen-bond acceptors (Lipinski definition) is 5. The Morgan fingerprint density at radius 1 is 0.963 bits per heavy atom. The van der Waals surface area contributed by atoms with Crippen LogP contribution in [-0.2, 0) is 11.3 Å². The number of aromatic nitrogens is 4. The molecule has 7 nitrogen and oxygen atoms in total. The van der Waals surface area contributed by atoms with E-state index in [0.717, 1.165) is 5.56 Å². The van der Waals surface area contributed by atoms with E-state index in [9.17, 15) is 9.59 Å². The average Bonchev–Trinajstić information content (AvgIpc) is 3.22. The molecule has 7 heteroatoms. The second-order valence-corrected chi connectivity index (χ2v) is 6.89. The van der Waals surface area contributed by atoms with E-state index in [-0.39, 0.29) is 5.92 Å². The van der Waals surface area contributed by atoms with E-state index >= 15 is 0 Å². The van der Waals surface area contributed by atoms with Crippen LogP contribution in [0.1, 0.15) is 41.6 Å². The third kappa shape index (κ3) is 2.91. The summed E-state index contributed by atoms with van der Waals surface area (Å²) in [7, 11) is 0. The molecule has 0 radical (unpaired) electrons. The number of para-hydroxylation sites is 1. The Kier molecular flexibility index (Phi) is 4.27. The molecule has 1 aliphatic heterocycles. The molecule has 0 N–H and O–H groups in total. The van der Waals surface area contributed by atoms with Crippen LogP contribution in [-0.4, -0.2) is 31.9 Å². The standard InChI is InChI=1S/C20H19N5O2/c1-13(2)17(25-16-11-7-6-10-15(16)18(26)20(25)27)19-21-22-23-24(19)12-14-8-4-3-5-9-14/h3-11,13,17H,12H2,1-2H3. The normalized spacial score (nSPS) is 14.7. The summed E-state index contributed by atoms with van der Waals surface area (Å²) in [6, 6.07) is 16.5. The second-order valence-electron chi connectivity index (χ2n) is 6.89. The van der Waals surface area contributed by atoms with Gasteiger partial charge in [0.05, 0.1) is 17.8 Å². The van der Waals surface area contributed by atoms with Crippen molar-refractivity contribution in [2.75, 3.05) is 4.90 Å². The quantitative estimate of drug-likeness (QED) is 0.653. The summed E-state index contributed by atoms with van der Waals surface area (Å²) in [5.41, 5.74) is 2.09. The summed E-state index contributed by atoms with van der Waals surface area (Å²) >= 11 is 0. The zero-order valence-electron chi connectivity index (χ0n) is 15.1. The Hall–Kier alpha value is -3.35. The van der Waals surface area contributed by atoms with Crippen molar-refractivity contribution >= 4 is 17.4 Å². The van der Waals surface area contributed by atoms with Gasteiger partial charge in [-0.05, 0) is 34.0 Å². The molecule has 1 atom stereocenters. The van der Waals surface area contributed by atoms with Gasteiger partial charge in [-0.3, -0.25) is 14.5 Å². The number of carbonyl (C=O) groups excluding carboxylic acids is 2. The molecule has 1 unspecified atom stereocenters. The van der Waals surface area contributed by atoms with Crippen LogP contribution in [0.5, 0.6) is 0 Å². The lowest BCUT2D eigenvalue weighted by molar-refractivity contribution is -0.115. The van der Waals surface area contributed by atoms with E-state index in [1.54, 1.807) is 22.9 Å². The Morgan fingerprint density at radius 3 is 2.41 bits per heavy atom. The van der Waals surface area contributed by atoms with Crippen molar-refractivity contribution < 1.29 is 9.59 Å². The van der Waals surface area contributed by atoms with E-state index in [4.69, 9.17) is 0 Å². The first-order valence-corrected chi connectivity index (χ1v) is 8.85. The molecule has 1 amide bonds. The fourth-order valence-electron chi connectivity index (χ4n) is 3.49. The number of anilines is 1. The first-order chi connectivity index (χ1) is 13.1. The van der Waals surface area contributed by atoms with E-state index < -0.39 is 17.7 Å². The van der Waals surface area contributed by atoms with Gasteiger partial charge in [-0.15, -0.1) is 5.10 Å². The van der Waals surface area contributed by atoms with Crippen LogP contribution >= 0.6 is 0 Å². The molecule has 0 saturated heterocycles. The molecular formula is C20H19N5O2. The van der Waals surface area contributed by atoms with Crippen LogP contribution in [0.4, 0.5) is 5.69 Å². The number of rotatable bonds is 5. The molecule has 2 heterocycles. The molecule has 0 saturated carbocycles. The maximum absolute atomic E-state index is 12.8. The number of amides is 1. The van der Waals surface area contributed by atoms with Crippen molar-refractivity contribution in [3.8, 4) is 0 Å². The first-order valence-electron chi connectivity index (χ1n) is 8.85. The zero-order chi connectivity index (χ0) is 19.0. The maximum Gasteiger partial charge on any atom is 0.300 e. The van der Waals surface area contributed by atoms with E-state index in [1.807, 2.05) is 50.2 Å². The molecular weight excluding hydrogens is 342 g/mol. The molecule has 0 bridgehead atoms. The average molecular weight is 361 g/mol.